The number of carboxylic acid groups (broad SMARTS) is 1. The van der Waals surface area contributed by atoms with Gasteiger partial charge in [-0.2, -0.15) is 0 Å². The Morgan fingerprint density at radius 1 is 1.25 bits per heavy atom. The van der Waals surface area contributed by atoms with E-state index in [0.29, 0.717) is 19.5 Å². The van der Waals surface area contributed by atoms with Crippen molar-refractivity contribution in [3.63, 3.8) is 0 Å². The first-order valence-corrected chi connectivity index (χ1v) is 8.37. The predicted molar refractivity (Wildman–Crippen MR) is 78.7 cm³/mol. The van der Waals surface area contributed by atoms with Crippen LogP contribution in [0.4, 0.5) is 0 Å². The van der Waals surface area contributed by atoms with Gasteiger partial charge >= 0.3 is 5.97 Å². The zero-order valence-corrected chi connectivity index (χ0v) is 12.7. The summed E-state index contributed by atoms with van der Waals surface area (Å²) in [7, 11) is -0.975. The number of hydrogen-bond donors (Lipinski definition) is 1. The summed E-state index contributed by atoms with van der Waals surface area (Å²) in [5.74, 6) is -0.534. The first-order valence-electron chi connectivity index (χ1n) is 6.55. The van der Waals surface area contributed by atoms with E-state index in [9.17, 15) is 13.2 Å². The summed E-state index contributed by atoms with van der Waals surface area (Å²) in [6, 6.07) is 6.71. The van der Waals surface area contributed by atoms with E-state index < -0.39 is 15.8 Å². The minimum Gasteiger partial charge on any atom is -0.478 e. The lowest BCUT2D eigenvalue weighted by Crippen LogP contribution is -2.22. The van der Waals surface area contributed by atoms with Crippen LogP contribution in [-0.4, -0.2) is 49.5 Å². The lowest BCUT2D eigenvalue weighted by Gasteiger charge is -2.16. The molecule has 0 bridgehead atoms. The molecule has 1 rings (SSSR count). The van der Waals surface area contributed by atoms with E-state index in [-0.39, 0.29) is 17.1 Å². The minimum atomic E-state index is -2.90. The molecule has 0 amide bonds. The highest BCUT2D eigenvalue weighted by Crippen LogP contribution is 2.07. The van der Waals surface area contributed by atoms with Crippen molar-refractivity contribution in [3.8, 4) is 0 Å². The molecule has 1 N–H and O–H groups in total. The topological polar surface area (TPSA) is 74.7 Å². The molecule has 0 saturated carbocycles. The molecule has 0 radical (unpaired) electrons. The fraction of sp³-hybridized carbons (Fsp3) is 0.500. The molecule has 0 aromatic heterocycles. The first-order chi connectivity index (χ1) is 9.34. The first kappa shape index (κ1) is 16.7. The van der Waals surface area contributed by atoms with Crippen molar-refractivity contribution >= 4 is 15.8 Å². The van der Waals surface area contributed by atoms with Gasteiger partial charge in [0.2, 0.25) is 0 Å². The molecule has 0 fully saturated rings. The van der Waals surface area contributed by atoms with Crippen LogP contribution in [0.1, 0.15) is 29.3 Å². The lowest BCUT2D eigenvalue weighted by molar-refractivity contribution is 0.0697. The van der Waals surface area contributed by atoms with Crippen molar-refractivity contribution < 1.29 is 18.3 Å². The molecule has 20 heavy (non-hydrogen) atoms. The van der Waals surface area contributed by atoms with Crippen LogP contribution < -0.4 is 0 Å². The highest BCUT2D eigenvalue weighted by Gasteiger charge is 2.08. The average Bonchev–Trinajstić information content (AvgIpc) is 2.39. The smallest absolute Gasteiger partial charge is 0.335 e. The van der Waals surface area contributed by atoms with Crippen LogP contribution in [0.5, 0.6) is 0 Å². The number of hydrogen-bond acceptors (Lipinski definition) is 4. The van der Waals surface area contributed by atoms with Gasteiger partial charge in [0.1, 0.15) is 9.84 Å². The fourth-order valence-electron chi connectivity index (χ4n) is 1.84. The third-order valence-corrected chi connectivity index (χ3v) is 4.88. The van der Waals surface area contributed by atoms with E-state index in [4.69, 9.17) is 5.11 Å². The highest BCUT2D eigenvalue weighted by atomic mass is 32.2. The molecule has 1 aromatic carbocycles. The van der Waals surface area contributed by atoms with Crippen LogP contribution in [0.2, 0.25) is 0 Å². The molecule has 0 aliphatic carbocycles. The minimum absolute atomic E-state index is 0.188. The number of carboxylic acids is 1. The third kappa shape index (κ3) is 5.71. The summed E-state index contributed by atoms with van der Waals surface area (Å²) in [4.78, 5) is 12.8. The Balaban J connectivity index is 2.42. The van der Waals surface area contributed by atoms with Gasteiger partial charge < -0.3 is 10.0 Å². The molecular formula is C14H21NO4S. The molecule has 0 saturated heterocycles. The largest absolute Gasteiger partial charge is 0.478 e. The van der Waals surface area contributed by atoms with E-state index in [0.717, 1.165) is 5.56 Å². The van der Waals surface area contributed by atoms with Gasteiger partial charge in [0.15, 0.2) is 0 Å². The molecule has 112 valence electrons. The molecule has 5 nitrogen and oxygen atoms in total. The highest BCUT2D eigenvalue weighted by molar-refractivity contribution is 7.91. The average molecular weight is 299 g/mol. The quantitative estimate of drug-likeness (QED) is 0.790. The van der Waals surface area contributed by atoms with Crippen molar-refractivity contribution in [2.75, 3.05) is 25.1 Å². The van der Waals surface area contributed by atoms with E-state index >= 15 is 0 Å². The Bertz CT molecular complexity index is 537. The van der Waals surface area contributed by atoms with Gasteiger partial charge in [-0.3, -0.25) is 0 Å². The number of sulfone groups is 1. The van der Waals surface area contributed by atoms with Gasteiger partial charge in [0.25, 0.3) is 0 Å². The standard InChI is InChI=1S/C14H21NO4S/c1-3-20(18,19)10-4-9-15(2)11-12-5-7-13(8-6-12)14(16)17/h5-8H,3-4,9-11H2,1-2H3,(H,16,17). The van der Waals surface area contributed by atoms with E-state index in [2.05, 4.69) is 0 Å². The Labute approximate surface area is 120 Å². The molecule has 1 aromatic rings. The van der Waals surface area contributed by atoms with E-state index in [1.807, 2.05) is 11.9 Å². The van der Waals surface area contributed by atoms with Gasteiger partial charge in [0, 0.05) is 12.3 Å². The second kappa shape index (κ2) is 7.40. The monoisotopic (exact) mass is 299 g/mol. The number of benzene rings is 1. The van der Waals surface area contributed by atoms with Crippen LogP contribution in [0.3, 0.4) is 0 Å². The lowest BCUT2D eigenvalue weighted by atomic mass is 10.1. The summed E-state index contributed by atoms with van der Waals surface area (Å²) in [5, 5.41) is 8.81. The third-order valence-electron chi connectivity index (χ3n) is 3.09. The maximum absolute atomic E-state index is 11.4. The van der Waals surface area contributed by atoms with Crippen molar-refractivity contribution in [1.29, 1.82) is 0 Å². The Hall–Kier alpha value is -1.40. The van der Waals surface area contributed by atoms with Gasteiger partial charge in [-0.05, 0) is 37.7 Å². The summed E-state index contributed by atoms with van der Waals surface area (Å²) < 4.78 is 22.7. The Kier molecular flexibility index (Phi) is 6.16. The molecule has 6 heteroatoms. The number of rotatable bonds is 8. The second-order valence-electron chi connectivity index (χ2n) is 4.83. The molecule has 0 atom stereocenters. The van der Waals surface area contributed by atoms with Gasteiger partial charge in [-0.1, -0.05) is 19.1 Å². The molecule has 0 aliphatic rings. The van der Waals surface area contributed by atoms with Crippen molar-refractivity contribution in [3.05, 3.63) is 35.4 Å². The Morgan fingerprint density at radius 3 is 2.35 bits per heavy atom. The zero-order chi connectivity index (χ0) is 15.2. The number of carbonyl (C=O) groups is 1. The maximum Gasteiger partial charge on any atom is 0.335 e. The molecule has 0 heterocycles. The predicted octanol–water partition coefficient (Wildman–Crippen LogP) is 1.64. The van der Waals surface area contributed by atoms with Crippen molar-refractivity contribution in [1.82, 2.24) is 4.90 Å². The normalized spacial score (nSPS) is 11.8. The van der Waals surface area contributed by atoms with Crippen LogP contribution in [0.25, 0.3) is 0 Å². The van der Waals surface area contributed by atoms with E-state index in [1.165, 1.54) is 0 Å². The molecule has 0 unspecified atom stereocenters. The van der Waals surface area contributed by atoms with Gasteiger partial charge in [0.05, 0.1) is 11.3 Å². The van der Waals surface area contributed by atoms with Crippen molar-refractivity contribution in [2.45, 2.75) is 19.9 Å². The Morgan fingerprint density at radius 2 is 1.85 bits per heavy atom. The summed E-state index contributed by atoms with van der Waals surface area (Å²) in [6.07, 6.45) is 0.611. The van der Waals surface area contributed by atoms with Gasteiger partial charge in [-0.25, -0.2) is 13.2 Å². The summed E-state index contributed by atoms with van der Waals surface area (Å²) in [6.45, 7) is 3.02. The number of aromatic carboxylic acids is 1. The van der Waals surface area contributed by atoms with Crippen molar-refractivity contribution in [2.24, 2.45) is 0 Å². The molecule has 0 aliphatic heterocycles. The molecular weight excluding hydrogens is 278 g/mol. The second-order valence-corrected chi connectivity index (χ2v) is 7.30. The fourth-order valence-corrected chi connectivity index (χ4v) is 2.70. The van der Waals surface area contributed by atoms with Gasteiger partial charge in [-0.15, -0.1) is 0 Å². The van der Waals surface area contributed by atoms with E-state index in [1.54, 1.807) is 31.2 Å². The zero-order valence-electron chi connectivity index (χ0n) is 11.9. The maximum atomic E-state index is 11.4. The number of nitrogens with zero attached hydrogens (tertiary/aromatic N) is 1. The summed E-state index contributed by atoms with van der Waals surface area (Å²) in [5.41, 5.74) is 1.28. The molecule has 0 spiro atoms. The SMILES string of the molecule is CCS(=O)(=O)CCCN(C)Cc1ccc(C(=O)O)cc1. The summed E-state index contributed by atoms with van der Waals surface area (Å²) >= 11 is 0. The van der Waals surface area contributed by atoms with Crippen LogP contribution in [0, 0.1) is 0 Å². The van der Waals surface area contributed by atoms with Crippen LogP contribution in [-0.2, 0) is 16.4 Å². The van der Waals surface area contributed by atoms with Crippen LogP contribution in [0.15, 0.2) is 24.3 Å². The van der Waals surface area contributed by atoms with Crippen LogP contribution >= 0.6 is 0 Å².